The molecule has 0 spiro atoms. The fourth-order valence-electron chi connectivity index (χ4n) is 3.85. The van der Waals surface area contributed by atoms with E-state index in [1.54, 1.807) is 12.1 Å². The average Bonchev–Trinajstić information content (AvgIpc) is 3.52. The predicted octanol–water partition coefficient (Wildman–Crippen LogP) is 5.13. The van der Waals surface area contributed by atoms with Gasteiger partial charge in [-0.1, -0.05) is 65.8 Å². The lowest BCUT2D eigenvalue weighted by molar-refractivity contribution is -0.384. The van der Waals surface area contributed by atoms with Crippen LogP contribution in [0.15, 0.2) is 95.6 Å². The van der Waals surface area contributed by atoms with Gasteiger partial charge in [0.15, 0.2) is 0 Å². The number of para-hydroxylation sites is 1. The molecule has 9 nitrogen and oxygen atoms in total. The smallest absolute Gasteiger partial charge is 0.270 e. The minimum absolute atomic E-state index is 0.0187. The van der Waals surface area contributed by atoms with Gasteiger partial charge in [0.25, 0.3) is 5.69 Å². The highest BCUT2D eigenvalue weighted by atomic mass is 16.6. The van der Waals surface area contributed by atoms with Crippen LogP contribution in [0.1, 0.15) is 11.5 Å². The highest BCUT2D eigenvalue weighted by molar-refractivity contribution is 5.63. The Hall–Kier alpha value is -4.63. The van der Waals surface area contributed by atoms with Gasteiger partial charge in [0.2, 0.25) is 11.7 Å². The fraction of sp³-hybridized carbons (Fsp3) is 0.115. The maximum Gasteiger partial charge on any atom is 0.270 e. The minimum Gasteiger partial charge on any atom is -0.338 e. The number of rotatable bonds is 8. The highest BCUT2D eigenvalue weighted by Gasteiger charge is 2.17. The van der Waals surface area contributed by atoms with E-state index in [4.69, 9.17) is 9.62 Å². The van der Waals surface area contributed by atoms with Crippen LogP contribution in [0.2, 0.25) is 0 Å². The molecule has 0 saturated heterocycles. The zero-order chi connectivity index (χ0) is 24.2. The maximum absolute atomic E-state index is 11.1. The molecule has 9 heteroatoms. The molecule has 2 aromatic heterocycles. The number of nitro groups is 1. The van der Waals surface area contributed by atoms with Crippen LogP contribution in [-0.4, -0.2) is 36.8 Å². The van der Waals surface area contributed by atoms with Crippen LogP contribution < -0.4 is 0 Å². The molecule has 2 heterocycles. The van der Waals surface area contributed by atoms with E-state index in [2.05, 4.69) is 15.0 Å². The molecule has 0 N–H and O–H groups in total. The summed E-state index contributed by atoms with van der Waals surface area (Å²) in [7, 11) is 1.96. The first-order valence-corrected chi connectivity index (χ1v) is 11.0. The van der Waals surface area contributed by atoms with Gasteiger partial charge in [-0.2, -0.15) is 10.1 Å². The third kappa shape index (κ3) is 4.99. The van der Waals surface area contributed by atoms with E-state index in [0.717, 1.165) is 22.5 Å². The monoisotopic (exact) mass is 466 g/mol. The lowest BCUT2D eigenvalue weighted by atomic mass is 10.1. The van der Waals surface area contributed by atoms with Gasteiger partial charge in [-0.3, -0.25) is 15.0 Å². The Morgan fingerprint density at radius 3 is 2.40 bits per heavy atom. The number of hydrogen-bond acceptors (Lipinski definition) is 7. The molecule has 0 bridgehead atoms. The second kappa shape index (κ2) is 9.70. The Bertz CT molecular complexity index is 1450. The van der Waals surface area contributed by atoms with Crippen LogP contribution in [-0.2, 0) is 13.1 Å². The molecule has 35 heavy (non-hydrogen) atoms. The van der Waals surface area contributed by atoms with Gasteiger partial charge < -0.3 is 4.52 Å². The van der Waals surface area contributed by atoms with Crippen molar-refractivity contribution in [2.45, 2.75) is 13.1 Å². The Morgan fingerprint density at radius 1 is 0.943 bits per heavy atom. The molecule has 0 atom stereocenters. The average molecular weight is 467 g/mol. The van der Waals surface area contributed by atoms with Gasteiger partial charge in [-0.15, -0.1) is 0 Å². The fourth-order valence-corrected chi connectivity index (χ4v) is 3.85. The van der Waals surface area contributed by atoms with Gasteiger partial charge in [0.05, 0.1) is 22.8 Å². The molecule has 5 aromatic rings. The third-order valence-corrected chi connectivity index (χ3v) is 5.49. The van der Waals surface area contributed by atoms with Crippen molar-refractivity contribution in [1.82, 2.24) is 24.8 Å². The Labute approximate surface area is 201 Å². The second-order valence-electron chi connectivity index (χ2n) is 8.14. The summed E-state index contributed by atoms with van der Waals surface area (Å²) in [6.07, 6.45) is 2.04. The van der Waals surface area contributed by atoms with Gasteiger partial charge >= 0.3 is 0 Å². The van der Waals surface area contributed by atoms with Crippen LogP contribution in [0.25, 0.3) is 28.3 Å². The van der Waals surface area contributed by atoms with Crippen molar-refractivity contribution in [3.8, 4) is 28.3 Å². The van der Waals surface area contributed by atoms with Gasteiger partial charge in [-0.05, 0) is 19.2 Å². The van der Waals surface area contributed by atoms with Crippen molar-refractivity contribution in [2.75, 3.05) is 7.05 Å². The molecule has 174 valence electrons. The van der Waals surface area contributed by atoms with Crippen LogP contribution in [0, 0.1) is 10.1 Å². The summed E-state index contributed by atoms with van der Waals surface area (Å²) >= 11 is 0. The SMILES string of the molecule is CN(Cc1nc(-c2cccc([N+](=O)[O-])c2)no1)Cc1cn(-c2ccccc2)nc1-c1ccccc1. The molecule has 0 aliphatic heterocycles. The number of benzene rings is 3. The van der Waals surface area contributed by atoms with Crippen molar-refractivity contribution in [3.05, 3.63) is 113 Å². The quantitative estimate of drug-likeness (QED) is 0.231. The Morgan fingerprint density at radius 2 is 1.66 bits per heavy atom. The Kier molecular flexibility index (Phi) is 6.15. The van der Waals surface area contributed by atoms with Crippen molar-refractivity contribution in [3.63, 3.8) is 0 Å². The van der Waals surface area contributed by atoms with Gasteiger partial charge in [0.1, 0.15) is 0 Å². The van der Waals surface area contributed by atoms with E-state index < -0.39 is 4.92 Å². The number of nitro benzene ring substituents is 1. The molecule has 0 radical (unpaired) electrons. The Balaban J connectivity index is 1.37. The normalized spacial score (nSPS) is 11.1. The number of hydrogen-bond donors (Lipinski definition) is 0. The predicted molar refractivity (Wildman–Crippen MR) is 131 cm³/mol. The van der Waals surface area contributed by atoms with Gasteiger partial charge in [0, 0.05) is 41.6 Å². The van der Waals surface area contributed by atoms with Crippen molar-refractivity contribution in [2.24, 2.45) is 0 Å². The standard InChI is InChI=1S/C26H22N6O3/c1-30(18-24-27-26(29-35-24)20-11-8-14-23(15-20)32(33)34)16-21-17-31(22-12-6-3-7-13-22)28-25(21)19-9-4-2-5-10-19/h2-15,17H,16,18H2,1H3. The summed E-state index contributed by atoms with van der Waals surface area (Å²) < 4.78 is 7.31. The lowest BCUT2D eigenvalue weighted by Crippen LogP contribution is -2.17. The molecule has 5 rings (SSSR count). The first-order valence-electron chi connectivity index (χ1n) is 11.0. The second-order valence-corrected chi connectivity index (χ2v) is 8.14. The molecule has 3 aromatic carbocycles. The molecule has 0 fully saturated rings. The molecular formula is C26H22N6O3. The molecule has 0 unspecified atom stereocenters. The number of non-ortho nitro benzene ring substituents is 1. The summed E-state index contributed by atoms with van der Waals surface area (Å²) in [6, 6.07) is 26.2. The summed E-state index contributed by atoms with van der Waals surface area (Å²) in [6.45, 7) is 1.01. The van der Waals surface area contributed by atoms with Crippen molar-refractivity contribution >= 4 is 5.69 Å². The first-order chi connectivity index (χ1) is 17.1. The van der Waals surface area contributed by atoms with E-state index in [9.17, 15) is 10.1 Å². The summed E-state index contributed by atoms with van der Waals surface area (Å²) in [5.41, 5.74) is 4.50. The largest absolute Gasteiger partial charge is 0.338 e. The minimum atomic E-state index is -0.446. The van der Waals surface area contributed by atoms with E-state index >= 15 is 0 Å². The summed E-state index contributed by atoms with van der Waals surface area (Å²) in [5.74, 6) is 0.740. The molecule has 0 amide bonds. The lowest BCUT2D eigenvalue weighted by Gasteiger charge is -2.13. The van der Waals surface area contributed by atoms with Crippen LogP contribution >= 0.6 is 0 Å². The van der Waals surface area contributed by atoms with Crippen molar-refractivity contribution in [1.29, 1.82) is 0 Å². The number of nitrogens with zero attached hydrogens (tertiary/aromatic N) is 6. The highest BCUT2D eigenvalue weighted by Crippen LogP contribution is 2.26. The number of aromatic nitrogens is 4. The van der Waals surface area contributed by atoms with Crippen LogP contribution in [0.5, 0.6) is 0 Å². The summed E-state index contributed by atoms with van der Waals surface area (Å²) in [4.78, 5) is 17.1. The van der Waals surface area contributed by atoms with E-state index in [0.29, 0.717) is 30.4 Å². The van der Waals surface area contributed by atoms with Crippen molar-refractivity contribution < 1.29 is 9.45 Å². The van der Waals surface area contributed by atoms with E-state index in [-0.39, 0.29) is 5.69 Å². The zero-order valence-corrected chi connectivity index (χ0v) is 19.0. The molecule has 0 aliphatic carbocycles. The van der Waals surface area contributed by atoms with E-state index in [1.165, 1.54) is 12.1 Å². The van der Waals surface area contributed by atoms with Crippen LogP contribution in [0.4, 0.5) is 5.69 Å². The van der Waals surface area contributed by atoms with Gasteiger partial charge in [-0.25, -0.2) is 4.68 Å². The molecule has 0 saturated carbocycles. The first kappa shape index (κ1) is 22.2. The zero-order valence-electron chi connectivity index (χ0n) is 19.0. The topological polar surface area (TPSA) is 103 Å². The maximum atomic E-state index is 11.1. The van der Waals surface area contributed by atoms with E-state index in [1.807, 2.05) is 78.6 Å². The molecular weight excluding hydrogens is 444 g/mol. The van der Waals surface area contributed by atoms with Crippen LogP contribution in [0.3, 0.4) is 0 Å². The molecule has 0 aliphatic rings. The summed E-state index contributed by atoms with van der Waals surface area (Å²) in [5, 5.41) is 19.9. The third-order valence-electron chi connectivity index (χ3n) is 5.49.